The van der Waals surface area contributed by atoms with Gasteiger partial charge in [0, 0.05) is 31.9 Å². The normalized spacial score (nSPS) is 22.4. The molecular formula is C13H17N3O3. The predicted octanol–water partition coefficient (Wildman–Crippen LogP) is -0.289. The Morgan fingerprint density at radius 3 is 2.74 bits per heavy atom. The molecule has 6 heteroatoms. The second-order valence-electron chi connectivity index (χ2n) is 4.77. The Balaban J connectivity index is 2.05. The Hall–Kier alpha value is -1.95. The Labute approximate surface area is 111 Å². The monoisotopic (exact) mass is 263 g/mol. The molecule has 0 spiro atoms. The summed E-state index contributed by atoms with van der Waals surface area (Å²) in [6.07, 6.45) is 0.793. The standard InChI is InChI=1S/C13H17N3O3/c1-8-3-4-10(5-14-8)13(19)16-6-11(12(18)7-16)15-9(2)17/h3-5,11-12,18H,6-7H2,1-2H3,(H,15,17)/t11-,12-/m1/s1. The van der Waals surface area contributed by atoms with Gasteiger partial charge in [0.15, 0.2) is 0 Å². The van der Waals surface area contributed by atoms with E-state index in [2.05, 4.69) is 10.3 Å². The van der Waals surface area contributed by atoms with E-state index < -0.39 is 12.1 Å². The molecule has 102 valence electrons. The quantitative estimate of drug-likeness (QED) is 0.768. The molecule has 1 aliphatic heterocycles. The maximum Gasteiger partial charge on any atom is 0.255 e. The zero-order valence-electron chi connectivity index (χ0n) is 11.0. The Morgan fingerprint density at radius 1 is 1.42 bits per heavy atom. The van der Waals surface area contributed by atoms with Crippen molar-refractivity contribution in [3.05, 3.63) is 29.6 Å². The second kappa shape index (κ2) is 5.36. The van der Waals surface area contributed by atoms with Crippen molar-refractivity contribution in [2.75, 3.05) is 13.1 Å². The van der Waals surface area contributed by atoms with Crippen LogP contribution >= 0.6 is 0 Å². The van der Waals surface area contributed by atoms with Gasteiger partial charge in [0.1, 0.15) is 0 Å². The number of β-amino-alcohol motifs (C(OH)–C–C–N with tert-alkyl or cyclic N) is 1. The molecule has 1 saturated heterocycles. The van der Waals surface area contributed by atoms with Crippen LogP contribution in [0.15, 0.2) is 18.3 Å². The predicted molar refractivity (Wildman–Crippen MR) is 68.5 cm³/mol. The molecule has 2 rings (SSSR count). The molecule has 1 aliphatic rings. The number of carbonyl (C=O) groups is 2. The van der Waals surface area contributed by atoms with E-state index in [0.717, 1.165) is 5.69 Å². The summed E-state index contributed by atoms with van der Waals surface area (Å²) in [7, 11) is 0. The number of hydrogen-bond acceptors (Lipinski definition) is 4. The van der Waals surface area contributed by atoms with Crippen molar-refractivity contribution >= 4 is 11.8 Å². The van der Waals surface area contributed by atoms with E-state index in [1.54, 1.807) is 12.1 Å². The Kier molecular flexibility index (Phi) is 3.80. The minimum Gasteiger partial charge on any atom is -0.389 e. The van der Waals surface area contributed by atoms with Gasteiger partial charge in [-0.2, -0.15) is 0 Å². The summed E-state index contributed by atoms with van der Waals surface area (Å²) in [5.41, 5.74) is 1.33. The molecule has 1 fully saturated rings. The summed E-state index contributed by atoms with van der Waals surface area (Å²) < 4.78 is 0. The van der Waals surface area contributed by atoms with Gasteiger partial charge in [0.05, 0.1) is 17.7 Å². The third kappa shape index (κ3) is 3.08. The molecule has 2 N–H and O–H groups in total. The first-order valence-electron chi connectivity index (χ1n) is 6.14. The molecule has 2 heterocycles. The molecule has 6 nitrogen and oxygen atoms in total. The lowest BCUT2D eigenvalue weighted by molar-refractivity contribution is -0.120. The number of carbonyl (C=O) groups excluding carboxylic acids is 2. The number of aryl methyl sites for hydroxylation is 1. The van der Waals surface area contributed by atoms with Gasteiger partial charge < -0.3 is 15.3 Å². The van der Waals surface area contributed by atoms with Crippen LogP contribution in [0, 0.1) is 6.92 Å². The Morgan fingerprint density at radius 2 is 2.16 bits per heavy atom. The molecule has 0 bridgehead atoms. The number of nitrogens with one attached hydrogen (secondary N) is 1. The number of nitrogens with zero attached hydrogens (tertiary/aromatic N) is 2. The molecule has 2 atom stereocenters. The highest BCUT2D eigenvalue weighted by molar-refractivity contribution is 5.94. The SMILES string of the molecule is CC(=O)N[C@@H]1CN(C(=O)c2ccc(C)nc2)C[C@H]1O. The van der Waals surface area contributed by atoms with Crippen LogP contribution in [0.3, 0.4) is 0 Å². The van der Waals surface area contributed by atoms with Gasteiger partial charge in [0.25, 0.3) is 5.91 Å². The summed E-state index contributed by atoms with van der Waals surface area (Å²) >= 11 is 0. The van der Waals surface area contributed by atoms with E-state index in [0.29, 0.717) is 12.1 Å². The van der Waals surface area contributed by atoms with E-state index in [-0.39, 0.29) is 18.4 Å². The average Bonchev–Trinajstić information content (AvgIpc) is 2.70. The number of rotatable bonds is 2. The van der Waals surface area contributed by atoms with Gasteiger partial charge in [-0.15, -0.1) is 0 Å². The Bertz CT molecular complexity index is 486. The maximum absolute atomic E-state index is 12.2. The van der Waals surface area contributed by atoms with Crippen LogP contribution in [-0.4, -0.2) is 52.0 Å². The number of pyridine rings is 1. The van der Waals surface area contributed by atoms with Gasteiger partial charge in [-0.3, -0.25) is 14.6 Å². The van der Waals surface area contributed by atoms with Crippen LogP contribution < -0.4 is 5.32 Å². The molecule has 0 unspecified atom stereocenters. The molecule has 0 saturated carbocycles. The highest BCUT2D eigenvalue weighted by Crippen LogP contribution is 2.14. The van der Waals surface area contributed by atoms with Crippen molar-refractivity contribution in [2.24, 2.45) is 0 Å². The maximum atomic E-state index is 12.2. The van der Waals surface area contributed by atoms with Crippen LogP contribution in [0.5, 0.6) is 0 Å². The molecule has 19 heavy (non-hydrogen) atoms. The fourth-order valence-corrected chi connectivity index (χ4v) is 2.13. The van der Waals surface area contributed by atoms with Crippen molar-refractivity contribution < 1.29 is 14.7 Å². The van der Waals surface area contributed by atoms with Crippen molar-refractivity contribution in [1.29, 1.82) is 0 Å². The van der Waals surface area contributed by atoms with Gasteiger partial charge in [-0.05, 0) is 19.1 Å². The molecule has 0 aromatic carbocycles. The van der Waals surface area contributed by atoms with Gasteiger partial charge in [-0.1, -0.05) is 0 Å². The number of likely N-dealkylation sites (tertiary alicyclic amines) is 1. The minimum atomic E-state index is -0.730. The number of amides is 2. The first kappa shape index (κ1) is 13.5. The molecule has 2 amide bonds. The van der Waals surface area contributed by atoms with Crippen LogP contribution in [-0.2, 0) is 4.79 Å². The molecule has 1 aromatic heterocycles. The highest BCUT2D eigenvalue weighted by Gasteiger charge is 2.34. The van der Waals surface area contributed by atoms with E-state index in [4.69, 9.17) is 0 Å². The van der Waals surface area contributed by atoms with Gasteiger partial charge in [0.2, 0.25) is 5.91 Å². The summed E-state index contributed by atoms with van der Waals surface area (Å²) in [6.45, 7) is 3.77. The second-order valence-corrected chi connectivity index (χ2v) is 4.77. The molecule has 0 aliphatic carbocycles. The van der Waals surface area contributed by atoms with Gasteiger partial charge in [-0.25, -0.2) is 0 Å². The summed E-state index contributed by atoms with van der Waals surface area (Å²) in [5.74, 6) is -0.394. The number of aliphatic hydroxyl groups excluding tert-OH is 1. The average molecular weight is 263 g/mol. The van der Waals surface area contributed by atoms with Crippen LogP contribution in [0.25, 0.3) is 0 Å². The van der Waals surface area contributed by atoms with Crippen molar-refractivity contribution in [1.82, 2.24) is 15.2 Å². The van der Waals surface area contributed by atoms with Crippen molar-refractivity contribution in [3.8, 4) is 0 Å². The van der Waals surface area contributed by atoms with E-state index in [9.17, 15) is 14.7 Å². The van der Waals surface area contributed by atoms with Crippen molar-refractivity contribution in [2.45, 2.75) is 26.0 Å². The topological polar surface area (TPSA) is 82.5 Å². The fraction of sp³-hybridized carbons (Fsp3) is 0.462. The molecule has 1 aromatic rings. The smallest absolute Gasteiger partial charge is 0.255 e. The zero-order valence-corrected chi connectivity index (χ0v) is 11.0. The van der Waals surface area contributed by atoms with E-state index in [1.165, 1.54) is 18.0 Å². The van der Waals surface area contributed by atoms with Crippen LogP contribution in [0.1, 0.15) is 23.0 Å². The first-order chi connectivity index (χ1) is 8.97. The number of aromatic nitrogens is 1. The van der Waals surface area contributed by atoms with Gasteiger partial charge >= 0.3 is 0 Å². The lowest BCUT2D eigenvalue weighted by Gasteiger charge is -2.16. The minimum absolute atomic E-state index is 0.181. The molecule has 0 radical (unpaired) electrons. The zero-order chi connectivity index (χ0) is 14.0. The number of hydrogen-bond donors (Lipinski definition) is 2. The molecular weight excluding hydrogens is 246 g/mol. The summed E-state index contributed by atoms with van der Waals surface area (Å²) in [6, 6.07) is 3.08. The fourth-order valence-electron chi connectivity index (χ4n) is 2.13. The highest BCUT2D eigenvalue weighted by atomic mass is 16.3. The first-order valence-corrected chi connectivity index (χ1v) is 6.14. The van der Waals surface area contributed by atoms with Crippen molar-refractivity contribution in [3.63, 3.8) is 0 Å². The third-order valence-corrected chi connectivity index (χ3v) is 3.12. The largest absolute Gasteiger partial charge is 0.389 e. The van der Waals surface area contributed by atoms with E-state index >= 15 is 0 Å². The number of aliphatic hydroxyl groups is 1. The summed E-state index contributed by atoms with van der Waals surface area (Å²) in [5, 5.41) is 12.5. The van der Waals surface area contributed by atoms with E-state index in [1.807, 2.05) is 6.92 Å². The summed E-state index contributed by atoms with van der Waals surface area (Å²) in [4.78, 5) is 28.8. The van der Waals surface area contributed by atoms with Crippen LogP contribution in [0.4, 0.5) is 0 Å². The third-order valence-electron chi connectivity index (χ3n) is 3.12. The lowest BCUT2D eigenvalue weighted by atomic mass is 10.2. The lowest BCUT2D eigenvalue weighted by Crippen LogP contribution is -2.41. The van der Waals surface area contributed by atoms with Crippen LogP contribution in [0.2, 0.25) is 0 Å².